The number of H-pyrrole nitrogens is 1. The van der Waals surface area contributed by atoms with Gasteiger partial charge in [0, 0.05) is 17.5 Å². The zero-order valence-electron chi connectivity index (χ0n) is 11.8. The molecule has 100 valence electrons. The average Bonchev–Trinajstić information content (AvgIpc) is 2.59. The van der Waals surface area contributed by atoms with Gasteiger partial charge in [0.05, 0.1) is 5.69 Å². The Morgan fingerprint density at radius 1 is 1.06 bits per heavy atom. The first-order valence-corrected chi connectivity index (χ1v) is 7.82. The number of rotatable bonds is 1. The molecule has 2 aliphatic rings. The van der Waals surface area contributed by atoms with Crippen molar-refractivity contribution in [2.24, 2.45) is 5.92 Å². The highest BCUT2D eigenvalue weighted by atomic mass is 15.0. The first-order chi connectivity index (χ1) is 8.74. The third-order valence-electron chi connectivity index (χ3n) is 4.85. The van der Waals surface area contributed by atoms with Crippen molar-refractivity contribution in [3.63, 3.8) is 0 Å². The van der Waals surface area contributed by atoms with Crippen LogP contribution in [-0.4, -0.2) is 9.97 Å². The highest BCUT2D eigenvalue weighted by molar-refractivity contribution is 5.23. The first-order valence-electron chi connectivity index (χ1n) is 7.82. The fourth-order valence-electron chi connectivity index (χ4n) is 3.90. The Kier molecular flexibility index (Phi) is 3.45. The Balaban J connectivity index is 1.83. The molecule has 1 aromatic rings. The minimum atomic E-state index is 0.652. The van der Waals surface area contributed by atoms with Crippen LogP contribution in [-0.2, 0) is 6.42 Å². The van der Waals surface area contributed by atoms with E-state index in [0.29, 0.717) is 11.8 Å². The standard InChI is InChI=1S/C16H26N2/c1-11-9-12(2)15-14(10-11)17-16(18-15)13-7-5-3-4-6-8-13/h11-13H,3-10H2,1-2H3,(H,17,18). The highest BCUT2D eigenvalue weighted by Crippen LogP contribution is 2.36. The Morgan fingerprint density at radius 2 is 1.78 bits per heavy atom. The average molecular weight is 246 g/mol. The van der Waals surface area contributed by atoms with Gasteiger partial charge in [0.15, 0.2) is 0 Å². The number of imidazole rings is 1. The number of fused-ring (bicyclic) bond motifs is 1. The number of aromatic nitrogens is 2. The van der Waals surface area contributed by atoms with Crippen LogP contribution in [0.25, 0.3) is 0 Å². The van der Waals surface area contributed by atoms with Gasteiger partial charge in [0.1, 0.15) is 5.82 Å². The van der Waals surface area contributed by atoms with Gasteiger partial charge in [-0.05, 0) is 31.6 Å². The predicted molar refractivity (Wildman–Crippen MR) is 74.9 cm³/mol. The summed E-state index contributed by atoms with van der Waals surface area (Å²) in [6.07, 6.45) is 10.8. The van der Waals surface area contributed by atoms with Gasteiger partial charge < -0.3 is 4.98 Å². The van der Waals surface area contributed by atoms with Gasteiger partial charge in [-0.2, -0.15) is 0 Å². The number of hydrogen-bond acceptors (Lipinski definition) is 1. The summed E-state index contributed by atoms with van der Waals surface area (Å²) in [6, 6.07) is 0. The molecule has 0 bridgehead atoms. The van der Waals surface area contributed by atoms with Gasteiger partial charge in [-0.15, -0.1) is 0 Å². The summed E-state index contributed by atoms with van der Waals surface area (Å²) in [5, 5.41) is 0. The topological polar surface area (TPSA) is 28.7 Å². The molecular formula is C16H26N2. The van der Waals surface area contributed by atoms with Gasteiger partial charge >= 0.3 is 0 Å². The quantitative estimate of drug-likeness (QED) is 0.724. The fourth-order valence-corrected chi connectivity index (χ4v) is 3.90. The summed E-state index contributed by atoms with van der Waals surface area (Å²) in [7, 11) is 0. The molecule has 0 amide bonds. The van der Waals surface area contributed by atoms with Crippen LogP contribution in [0.4, 0.5) is 0 Å². The SMILES string of the molecule is CC1Cc2[nH]c(C3CCCCCC3)nc2C(C)C1. The van der Waals surface area contributed by atoms with Crippen LogP contribution in [0.1, 0.15) is 87.8 Å². The van der Waals surface area contributed by atoms with Crippen molar-refractivity contribution in [2.75, 3.05) is 0 Å². The minimum Gasteiger partial charge on any atom is -0.345 e. The highest BCUT2D eigenvalue weighted by Gasteiger charge is 2.27. The molecule has 1 fully saturated rings. The van der Waals surface area contributed by atoms with Crippen molar-refractivity contribution < 1.29 is 0 Å². The molecule has 3 rings (SSSR count). The summed E-state index contributed by atoms with van der Waals surface area (Å²) < 4.78 is 0. The lowest BCUT2D eigenvalue weighted by Crippen LogP contribution is -2.14. The molecule has 0 aliphatic heterocycles. The van der Waals surface area contributed by atoms with Crippen molar-refractivity contribution in [3.05, 3.63) is 17.2 Å². The summed E-state index contributed by atoms with van der Waals surface area (Å²) in [5.74, 6) is 3.48. The van der Waals surface area contributed by atoms with Gasteiger partial charge in [0.2, 0.25) is 0 Å². The van der Waals surface area contributed by atoms with E-state index in [1.807, 2.05) is 0 Å². The molecule has 0 aromatic carbocycles. The lowest BCUT2D eigenvalue weighted by Gasteiger charge is -2.22. The third-order valence-corrected chi connectivity index (χ3v) is 4.85. The molecule has 2 unspecified atom stereocenters. The molecule has 18 heavy (non-hydrogen) atoms. The van der Waals surface area contributed by atoms with Gasteiger partial charge in [-0.1, -0.05) is 39.5 Å². The van der Waals surface area contributed by atoms with E-state index in [9.17, 15) is 0 Å². The monoisotopic (exact) mass is 246 g/mol. The van der Waals surface area contributed by atoms with E-state index >= 15 is 0 Å². The van der Waals surface area contributed by atoms with Gasteiger partial charge in [-0.25, -0.2) is 4.98 Å². The Labute approximate surface area is 111 Å². The maximum Gasteiger partial charge on any atom is 0.109 e. The molecular weight excluding hydrogens is 220 g/mol. The maximum absolute atomic E-state index is 4.98. The van der Waals surface area contributed by atoms with Gasteiger partial charge in [0.25, 0.3) is 0 Å². The van der Waals surface area contributed by atoms with E-state index in [0.717, 1.165) is 5.92 Å². The number of aromatic amines is 1. The van der Waals surface area contributed by atoms with E-state index in [-0.39, 0.29) is 0 Å². The largest absolute Gasteiger partial charge is 0.345 e. The van der Waals surface area contributed by atoms with Gasteiger partial charge in [-0.3, -0.25) is 0 Å². The fraction of sp³-hybridized carbons (Fsp3) is 0.812. The second-order valence-electron chi connectivity index (χ2n) is 6.62. The first kappa shape index (κ1) is 12.3. The lowest BCUT2D eigenvalue weighted by molar-refractivity contribution is 0.440. The van der Waals surface area contributed by atoms with Crippen LogP contribution in [0.3, 0.4) is 0 Å². The second kappa shape index (κ2) is 5.07. The van der Waals surface area contributed by atoms with E-state index in [2.05, 4.69) is 18.8 Å². The van der Waals surface area contributed by atoms with Crippen LogP contribution < -0.4 is 0 Å². The predicted octanol–water partition coefficient (Wildman–Crippen LogP) is 4.53. The summed E-state index contributed by atoms with van der Waals surface area (Å²) >= 11 is 0. The normalized spacial score (nSPS) is 29.9. The van der Waals surface area contributed by atoms with Crippen LogP contribution in [0.2, 0.25) is 0 Å². The van der Waals surface area contributed by atoms with Crippen LogP contribution in [0.5, 0.6) is 0 Å². The second-order valence-corrected chi connectivity index (χ2v) is 6.62. The molecule has 1 saturated carbocycles. The number of hydrogen-bond donors (Lipinski definition) is 1. The zero-order valence-corrected chi connectivity index (χ0v) is 11.8. The molecule has 0 radical (unpaired) electrons. The van der Waals surface area contributed by atoms with Crippen molar-refractivity contribution in [1.82, 2.24) is 9.97 Å². The summed E-state index contributed by atoms with van der Waals surface area (Å²) in [5.41, 5.74) is 2.83. The van der Waals surface area contributed by atoms with Crippen LogP contribution in [0.15, 0.2) is 0 Å². The maximum atomic E-state index is 4.98. The van der Waals surface area contributed by atoms with E-state index in [4.69, 9.17) is 4.98 Å². The van der Waals surface area contributed by atoms with E-state index in [1.165, 1.54) is 68.6 Å². The lowest BCUT2D eigenvalue weighted by atomic mass is 9.84. The molecule has 1 heterocycles. The van der Waals surface area contributed by atoms with Crippen molar-refractivity contribution >= 4 is 0 Å². The Morgan fingerprint density at radius 3 is 2.50 bits per heavy atom. The molecule has 1 aromatic heterocycles. The molecule has 1 N–H and O–H groups in total. The van der Waals surface area contributed by atoms with Crippen molar-refractivity contribution in [1.29, 1.82) is 0 Å². The minimum absolute atomic E-state index is 0.652. The Hall–Kier alpha value is -0.790. The van der Waals surface area contributed by atoms with Crippen molar-refractivity contribution in [3.8, 4) is 0 Å². The van der Waals surface area contributed by atoms with Crippen LogP contribution in [0, 0.1) is 5.92 Å². The summed E-state index contributed by atoms with van der Waals surface area (Å²) in [4.78, 5) is 8.66. The molecule has 2 aliphatic carbocycles. The number of nitrogens with one attached hydrogen (secondary N) is 1. The third kappa shape index (κ3) is 2.34. The van der Waals surface area contributed by atoms with Crippen molar-refractivity contribution in [2.45, 2.75) is 77.0 Å². The Bertz CT molecular complexity index is 399. The molecule has 2 heteroatoms. The van der Waals surface area contributed by atoms with Crippen LogP contribution >= 0.6 is 0 Å². The zero-order chi connectivity index (χ0) is 12.5. The summed E-state index contributed by atoms with van der Waals surface area (Å²) in [6.45, 7) is 4.71. The molecule has 0 spiro atoms. The smallest absolute Gasteiger partial charge is 0.109 e. The molecule has 2 nitrogen and oxygen atoms in total. The molecule has 2 atom stereocenters. The number of nitrogens with zero attached hydrogens (tertiary/aromatic N) is 1. The molecule has 0 saturated heterocycles. The van der Waals surface area contributed by atoms with E-state index in [1.54, 1.807) is 0 Å². The van der Waals surface area contributed by atoms with E-state index < -0.39 is 0 Å².